The third-order valence-electron chi connectivity index (χ3n) is 4.96. The first-order valence-electron chi connectivity index (χ1n) is 11.7. The van der Waals surface area contributed by atoms with E-state index in [1.807, 2.05) is 20.8 Å². The first kappa shape index (κ1) is 27.8. The van der Waals surface area contributed by atoms with Crippen molar-refractivity contribution in [1.29, 1.82) is 0 Å². The molecule has 0 radical (unpaired) electrons. The quantitative estimate of drug-likeness (QED) is 0.0635. The molecule has 0 aliphatic heterocycles. The molecule has 164 valence electrons. The van der Waals surface area contributed by atoms with E-state index < -0.39 is 8.80 Å². The first-order valence-corrected chi connectivity index (χ1v) is 15.2. The van der Waals surface area contributed by atoms with Crippen molar-refractivity contribution in [3.8, 4) is 0 Å². The van der Waals surface area contributed by atoms with Gasteiger partial charge in [0.25, 0.3) is 0 Å². The molecule has 0 rings (SSSR count). The van der Waals surface area contributed by atoms with Gasteiger partial charge in [0.2, 0.25) is 0 Å². The predicted octanol–water partition coefficient (Wildman–Crippen LogP) is 7.93. The Bertz CT molecular complexity index is 276. The highest BCUT2D eigenvalue weighted by atomic mass is 127. The Balaban J connectivity index is 3.49. The van der Waals surface area contributed by atoms with Crippen LogP contribution in [0.5, 0.6) is 0 Å². The number of alkyl halides is 1. The summed E-state index contributed by atoms with van der Waals surface area (Å²) in [7, 11) is -2.40. The van der Waals surface area contributed by atoms with Crippen molar-refractivity contribution in [1.82, 2.24) is 0 Å². The van der Waals surface area contributed by atoms with Crippen molar-refractivity contribution in [3.05, 3.63) is 0 Å². The summed E-state index contributed by atoms with van der Waals surface area (Å²) >= 11 is 2.48. The summed E-state index contributed by atoms with van der Waals surface area (Å²) in [6.45, 7) is 8.16. The molecule has 0 saturated carbocycles. The highest BCUT2D eigenvalue weighted by Gasteiger charge is 2.39. The first-order chi connectivity index (χ1) is 13.2. The van der Waals surface area contributed by atoms with E-state index in [0.717, 1.165) is 6.04 Å². The minimum atomic E-state index is -2.40. The second-order valence-electron chi connectivity index (χ2n) is 7.37. The lowest BCUT2D eigenvalue weighted by Gasteiger charge is -2.28. The lowest BCUT2D eigenvalue weighted by molar-refractivity contribution is 0.0706. The molecule has 5 heteroatoms. The van der Waals surface area contributed by atoms with Crippen LogP contribution in [0.15, 0.2) is 0 Å². The van der Waals surface area contributed by atoms with Crippen LogP contribution in [0.4, 0.5) is 0 Å². The van der Waals surface area contributed by atoms with Crippen molar-refractivity contribution in [3.63, 3.8) is 0 Å². The second kappa shape index (κ2) is 21.5. The number of hydrogen-bond acceptors (Lipinski definition) is 3. The standard InChI is InChI=1S/C22H47IO3Si/c1-4-24-27(25-5-2,26-6-3)22-20-18-16-14-12-10-8-7-9-11-13-15-17-19-21-23/h4-22H2,1-3H3. The molecule has 0 spiro atoms. The maximum Gasteiger partial charge on any atom is 0.500 e. The van der Waals surface area contributed by atoms with Gasteiger partial charge in [-0.05, 0) is 38.0 Å². The van der Waals surface area contributed by atoms with Gasteiger partial charge in [-0.15, -0.1) is 0 Å². The zero-order valence-electron chi connectivity index (χ0n) is 18.5. The maximum absolute atomic E-state index is 5.92. The zero-order chi connectivity index (χ0) is 20.1. The van der Waals surface area contributed by atoms with Crippen LogP contribution in [-0.2, 0) is 13.3 Å². The molecule has 0 bridgehead atoms. The summed E-state index contributed by atoms with van der Waals surface area (Å²) < 4.78 is 19.1. The molecule has 0 amide bonds. The molecular formula is C22H47IO3Si. The van der Waals surface area contributed by atoms with Gasteiger partial charge in [0.15, 0.2) is 0 Å². The van der Waals surface area contributed by atoms with Gasteiger partial charge in [0, 0.05) is 25.9 Å². The summed E-state index contributed by atoms with van der Waals surface area (Å²) in [6.07, 6.45) is 19.5. The van der Waals surface area contributed by atoms with Gasteiger partial charge in [-0.25, -0.2) is 0 Å². The van der Waals surface area contributed by atoms with Crippen molar-refractivity contribution in [2.75, 3.05) is 24.2 Å². The van der Waals surface area contributed by atoms with Gasteiger partial charge in [0.1, 0.15) is 0 Å². The minimum Gasteiger partial charge on any atom is -0.374 e. The molecule has 0 N–H and O–H groups in total. The number of halogens is 1. The van der Waals surface area contributed by atoms with Gasteiger partial charge < -0.3 is 13.3 Å². The summed E-state index contributed by atoms with van der Waals surface area (Å²) in [4.78, 5) is 0. The van der Waals surface area contributed by atoms with E-state index in [1.54, 1.807) is 0 Å². The van der Waals surface area contributed by atoms with E-state index >= 15 is 0 Å². The fourth-order valence-corrected chi connectivity index (χ4v) is 6.78. The summed E-state index contributed by atoms with van der Waals surface area (Å²) in [5.74, 6) is 0. The largest absolute Gasteiger partial charge is 0.500 e. The third-order valence-corrected chi connectivity index (χ3v) is 8.87. The van der Waals surface area contributed by atoms with E-state index in [1.165, 1.54) is 94.3 Å². The monoisotopic (exact) mass is 514 g/mol. The molecule has 0 saturated heterocycles. The van der Waals surface area contributed by atoms with Crippen molar-refractivity contribution >= 4 is 31.4 Å². The van der Waals surface area contributed by atoms with Crippen molar-refractivity contribution < 1.29 is 13.3 Å². The summed E-state index contributed by atoms with van der Waals surface area (Å²) in [5.41, 5.74) is 0. The van der Waals surface area contributed by atoms with Crippen LogP contribution >= 0.6 is 22.6 Å². The SMILES string of the molecule is CCO[Si](CCCCCCCCCCCCCCCCI)(OCC)OCC. The Labute approximate surface area is 185 Å². The van der Waals surface area contributed by atoms with Crippen LogP contribution in [0, 0.1) is 0 Å². The molecule has 0 aliphatic carbocycles. The van der Waals surface area contributed by atoms with Crippen LogP contribution in [0.3, 0.4) is 0 Å². The highest BCUT2D eigenvalue weighted by Crippen LogP contribution is 2.21. The number of hydrogen-bond donors (Lipinski definition) is 0. The molecule has 0 fully saturated rings. The second-order valence-corrected chi connectivity index (χ2v) is 11.2. The Morgan fingerprint density at radius 1 is 0.481 bits per heavy atom. The average Bonchev–Trinajstić information content (AvgIpc) is 2.65. The Kier molecular flexibility index (Phi) is 22.2. The van der Waals surface area contributed by atoms with Crippen LogP contribution in [0.25, 0.3) is 0 Å². The lowest BCUT2D eigenvalue weighted by atomic mass is 10.0. The van der Waals surface area contributed by atoms with Gasteiger partial charge in [-0.1, -0.05) is 99.6 Å². The van der Waals surface area contributed by atoms with Gasteiger partial charge >= 0.3 is 8.80 Å². The summed E-state index contributed by atoms with van der Waals surface area (Å²) in [5, 5.41) is 0. The molecule has 0 heterocycles. The molecule has 0 unspecified atom stereocenters. The predicted molar refractivity (Wildman–Crippen MR) is 129 cm³/mol. The molecule has 0 aliphatic rings. The van der Waals surface area contributed by atoms with Crippen LogP contribution in [-0.4, -0.2) is 33.1 Å². The molecule has 0 aromatic carbocycles. The van der Waals surface area contributed by atoms with E-state index in [2.05, 4.69) is 22.6 Å². The van der Waals surface area contributed by atoms with Crippen molar-refractivity contribution in [2.45, 2.75) is 117 Å². The topological polar surface area (TPSA) is 27.7 Å². The van der Waals surface area contributed by atoms with Crippen LogP contribution < -0.4 is 0 Å². The Morgan fingerprint density at radius 3 is 1.07 bits per heavy atom. The smallest absolute Gasteiger partial charge is 0.374 e. The summed E-state index contributed by atoms with van der Waals surface area (Å²) in [6, 6.07) is 0.973. The zero-order valence-corrected chi connectivity index (χ0v) is 21.7. The number of unbranched alkanes of at least 4 members (excludes halogenated alkanes) is 13. The van der Waals surface area contributed by atoms with Crippen LogP contribution in [0.2, 0.25) is 6.04 Å². The minimum absolute atomic E-state index is 0.685. The molecule has 3 nitrogen and oxygen atoms in total. The molecule has 27 heavy (non-hydrogen) atoms. The fraction of sp³-hybridized carbons (Fsp3) is 1.00. The maximum atomic E-state index is 5.92. The van der Waals surface area contributed by atoms with Crippen LogP contribution in [0.1, 0.15) is 111 Å². The van der Waals surface area contributed by atoms with E-state index in [4.69, 9.17) is 13.3 Å². The van der Waals surface area contributed by atoms with Crippen molar-refractivity contribution in [2.24, 2.45) is 0 Å². The van der Waals surface area contributed by atoms with E-state index in [9.17, 15) is 0 Å². The molecule has 0 atom stereocenters. The molecular weight excluding hydrogens is 467 g/mol. The van der Waals surface area contributed by atoms with E-state index in [0.29, 0.717) is 19.8 Å². The Hall–Kier alpha value is 0.827. The average molecular weight is 515 g/mol. The lowest BCUT2D eigenvalue weighted by Crippen LogP contribution is -2.45. The molecule has 0 aromatic rings. The highest BCUT2D eigenvalue weighted by molar-refractivity contribution is 14.1. The normalized spacial score (nSPS) is 12.0. The van der Waals surface area contributed by atoms with Gasteiger partial charge in [-0.2, -0.15) is 0 Å². The number of rotatable bonds is 22. The fourth-order valence-electron chi connectivity index (χ4n) is 3.56. The van der Waals surface area contributed by atoms with Gasteiger partial charge in [-0.3, -0.25) is 0 Å². The third kappa shape index (κ3) is 17.4. The molecule has 0 aromatic heterocycles. The Morgan fingerprint density at radius 2 is 0.778 bits per heavy atom. The van der Waals surface area contributed by atoms with Gasteiger partial charge in [0.05, 0.1) is 0 Å². The van der Waals surface area contributed by atoms with E-state index in [-0.39, 0.29) is 0 Å².